The molecular formula is C12H18O3. The van der Waals surface area contributed by atoms with Gasteiger partial charge in [-0.15, -0.1) is 0 Å². The summed E-state index contributed by atoms with van der Waals surface area (Å²) in [7, 11) is 3.30. The van der Waals surface area contributed by atoms with Crippen molar-refractivity contribution in [2.75, 3.05) is 27.4 Å². The highest BCUT2D eigenvalue weighted by Crippen LogP contribution is 2.16. The van der Waals surface area contributed by atoms with Crippen molar-refractivity contribution < 1.29 is 14.6 Å². The molecular weight excluding hydrogens is 192 g/mol. The molecule has 1 N–H and O–H groups in total. The summed E-state index contributed by atoms with van der Waals surface area (Å²) in [6.07, 6.45) is 0.807. The van der Waals surface area contributed by atoms with Crippen molar-refractivity contribution in [3.8, 4) is 5.75 Å². The quantitative estimate of drug-likeness (QED) is 0.773. The normalized spacial score (nSPS) is 12.5. The van der Waals surface area contributed by atoms with Gasteiger partial charge >= 0.3 is 0 Å². The summed E-state index contributed by atoms with van der Waals surface area (Å²) in [5.74, 6) is 1.00. The van der Waals surface area contributed by atoms with Crippen molar-refractivity contribution in [3.05, 3.63) is 29.8 Å². The summed E-state index contributed by atoms with van der Waals surface area (Å²) in [4.78, 5) is 0. The zero-order valence-corrected chi connectivity index (χ0v) is 9.27. The summed E-state index contributed by atoms with van der Waals surface area (Å²) in [6, 6.07) is 7.88. The van der Waals surface area contributed by atoms with Gasteiger partial charge in [-0.25, -0.2) is 0 Å². The van der Waals surface area contributed by atoms with Crippen molar-refractivity contribution in [2.24, 2.45) is 5.92 Å². The van der Waals surface area contributed by atoms with Crippen LogP contribution in [0.25, 0.3) is 0 Å². The van der Waals surface area contributed by atoms with E-state index >= 15 is 0 Å². The standard InChI is InChI=1S/C12H18O3/c1-14-9-11(8-13)6-10-4-3-5-12(7-10)15-2/h3-5,7,11,13H,6,8-9H2,1-2H3. The Kier molecular flexibility index (Phi) is 5.15. The number of aliphatic hydroxyl groups is 1. The van der Waals surface area contributed by atoms with Gasteiger partial charge in [0.1, 0.15) is 5.75 Å². The monoisotopic (exact) mass is 210 g/mol. The summed E-state index contributed by atoms with van der Waals surface area (Å²) in [5.41, 5.74) is 1.16. The van der Waals surface area contributed by atoms with Crippen molar-refractivity contribution in [2.45, 2.75) is 6.42 Å². The van der Waals surface area contributed by atoms with E-state index in [0.717, 1.165) is 17.7 Å². The van der Waals surface area contributed by atoms with Gasteiger partial charge in [0.05, 0.1) is 13.7 Å². The van der Waals surface area contributed by atoms with E-state index in [2.05, 4.69) is 0 Å². The number of benzene rings is 1. The molecule has 0 aliphatic rings. The molecule has 1 rings (SSSR count). The molecule has 0 saturated heterocycles. The molecule has 0 spiro atoms. The van der Waals surface area contributed by atoms with Crippen LogP contribution >= 0.6 is 0 Å². The lowest BCUT2D eigenvalue weighted by Gasteiger charge is -2.13. The number of ether oxygens (including phenoxy) is 2. The largest absolute Gasteiger partial charge is 0.497 e. The van der Waals surface area contributed by atoms with Crippen LogP contribution in [0.2, 0.25) is 0 Å². The van der Waals surface area contributed by atoms with Crippen LogP contribution in [0.1, 0.15) is 5.56 Å². The molecule has 3 heteroatoms. The number of hydrogen-bond donors (Lipinski definition) is 1. The fourth-order valence-corrected chi connectivity index (χ4v) is 1.54. The Bertz CT molecular complexity index is 286. The van der Waals surface area contributed by atoms with Crippen LogP contribution in [-0.4, -0.2) is 32.5 Å². The highest BCUT2D eigenvalue weighted by Gasteiger charge is 2.08. The van der Waals surface area contributed by atoms with Crippen LogP contribution in [0.4, 0.5) is 0 Å². The van der Waals surface area contributed by atoms with Gasteiger partial charge in [0.25, 0.3) is 0 Å². The maximum Gasteiger partial charge on any atom is 0.119 e. The molecule has 0 radical (unpaired) electrons. The van der Waals surface area contributed by atoms with Crippen LogP contribution in [0.15, 0.2) is 24.3 Å². The Morgan fingerprint density at radius 3 is 2.73 bits per heavy atom. The molecule has 0 aliphatic carbocycles. The van der Waals surface area contributed by atoms with Crippen molar-refractivity contribution in [3.63, 3.8) is 0 Å². The summed E-state index contributed by atoms with van der Waals surface area (Å²) < 4.78 is 10.2. The molecule has 1 atom stereocenters. The average molecular weight is 210 g/mol. The molecule has 3 nitrogen and oxygen atoms in total. The number of methoxy groups -OCH3 is 2. The van der Waals surface area contributed by atoms with Crippen LogP contribution in [-0.2, 0) is 11.2 Å². The third-order valence-electron chi connectivity index (χ3n) is 2.32. The molecule has 1 aromatic carbocycles. The maximum atomic E-state index is 9.13. The molecule has 0 bridgehead atoms. The minimum Gasteiger partial charge on any atom is -0.497 e. The fraction of sp³-hybridized carbons (Fsp3) is 0.500. The van der Waals surface area contributed by atoms with Crippen molar-refractivity contribution in [1.82, 2.24) is 0 Å². The van der Waals surface area contributed by atoms with Gasteiger partial charge in [-0.3, -0.25) is 0 Å². The van der Waals surface area contributed by atoms with Crippen molar-refractivity contribution in [1.29, 1.82) is 0 Å². The molecule has 84 valence electrons. The van der Waals surface area contributed by atoms with Crippen LogP contribution in [0, 0.1) is 5.92 Å². The minimum atomic E-state index is 0.144. The second-order valence-corrected chi connectivity index (χ2v) is 3.56. The van der Waals surface area contributed by atoms with Gasteiger partial charge in [0.15, 0.2) is 0 Å². The van der Waals surface area contributed by atoms with Crippen LogP contribution < -0.4 is 4.74 Å². The average Bonchev–Trinajstić information content (AvgIpc) is 2.29. The van der Waals surface area contributed by atoms with Crippen LogP contribution in [0.5, 0.6) is 5.75 Å². The second kappa shape index (κ2) is 6.43. The molecule has 0 heterocycles. The SMILES string of the molecule is COCC(CO)Cc1cccc(OC)c1. The Hall–Kier alpha value is -1.06. The number of rotatable bonds is 6. The molecule has 0 saturated carbocycles. The Balaban J connectivity index is 2.61. The van der Waals surface area contributed by atoms with Crippen molar-refractivity contribution >= 4 is 0 Å². The fourth-order valence-electron chi connectivity index (χ4n) is 1.54. The Labute approximate surface area is 90.6 Å². The molecule has 0 aliphatic heterocycles. The molecule has 1 aromatic rings. The first-order chi connectivity index (χ1) is 7.30. The third-order valence-corrected chi connectivity index (χ3v) is 2.32. The first kappa shape index (κ1) is 12.0. The highest BCUT2D eigenvalue weighted by molar-refractivity contribution is 5.28. The molecule has 1 unspecified atom stereocenters. The first-order valence-electron chi connectivity index (χ1n) is 5.03. The Morgan fingerprint density at radius 1 is 1.33 bits per heavy atom. The predicted octanol–water partition coefficient (Wildman–Crippen LogP) is 1.49. The maximum absolute atomic E-state index is 9.13. The molecule has 0 fully saturated rings. The van der Waals surface area contributed by atoms with E-state index in [4.69, 9.17) is 14.6 Å². The molecule has 15 heavy (non-hydrogen) atoms. The Morgan fingerprint density at radius 2 is 2.13 bits per heavy atom. The first-order valence-corrected chi connectivity index (χ1v) is 5.03. The smallest absolute Gasteiger partial charge is 0.119 e. The van der Waals surface area contributed by atoms with Gasteiger partial charge in [-0.2, -0.15) is 0 Å². The van der Waals surface area contributed by atoms with Gasteiger partial charge in [-0.05, 0) is 24.1 Å². The van der Waals surface area contributed by atoms with Crippen LogP contribution in [0.3, 0.4) is 0 Å². The topological polar surface area (TPSA) is 38.7 Å². The highest BCUT2D eigenvalue weighted by atomic mass is 16.5. The number of aliphatic hydroxyl groups excluding tert-OH is 1. The predicted molar refractivity (Wildman–Crippen MR) is 59.1 cm³/mol. The van der Waals surface area contributed by atoms with E-state index in [9.17, 15) is 0 Å². The third kappa shape index (κ3) is 3.90. The lowest BCUT2D eigenvalue weighted by Crippen LogP contribution is -2.15. The minimum absolute atomic E-state index is 0.144. The zero-order valence-electron chi connectivity index (χ0n) is 9.27. The lowest BCUT2D eigenvalue weighted by molar-refractivity contribution is 0.110. The van der Waals surface area contributed by atoms with Gasteiger partial charge in [0, 0.05) is 19.6 Å². The van der Waals surface area contributed by atoms with E-state index in [1.165, 1.54) is 0 Å². The van der Waals surface area contributed by atoms with E-state index in [0.29, 0.717) is 6.61 Å². The second-order valence-electron chi connectivity index (χ2n) is 3.56. The van der Waals surface area contributed by atoms with E-state index in [1.54, 1.807) is 14.2 Å². The molecule has 0 amide bonds. The summed E-state index contributed by atoms with van der Waals surface area (Å²) in [6.45, 7) is 0.721. The van der Waals surface area contributed by atoms with Gasteiger partial charge < -0.3 is 14.6 Å². The van der Waals surface area contributed by atoms with E-state index in [1.807, 2.05) is 24.3 Å². The summed E-state index contributed by atoms with van der Waals surface area (Å²) >= 11 is 0. The number of hydrogen-bond acceptors (Lipinski definition) is 3. The van der Waals surface area contributed by atoms with Gasteiger partial charge in [0.2, 0.25) is 0 Å². The molecule has 0 aromatic heterocycles. The van der Waals surface area contributed by atoms with E-state index < -0.39 is 0 Å². The van der Waals surface area contributed by atoms with Gasteiger partial charge in [-0.1, -0.05) is 12.1 Å². The zero-order chi connectivity index (χ0) is 11.1. The summed E-state index contributed by atoms with van der Waals surface area (Å²) in [5, 5.41) is 9.13. The lowest BCUT2D eigenvalue weighted by atomic mass is 10.0. The van der Waals surface area contributed by atoms with E-state index in [-0.39, 0.29) is 12.5 Å².